The third kappa shape index (κ3) is 5.17. The van der Waals surface area contributed by atoms with E-state index in [4.69, 9.17) is 28.4 Å². The molecule has 0 bridgehead atoms. The summed E-state index contributed by atoms with van der Waals surface area (Å²) < 4.78 is 31.9. The van der Waals surface area contributed by atoms with Gasteiger partial charge in [-0.15, -0.1) is 0 Å². The molecule has 18 heavy (non-hydrogen) atoms. The highest BCUT2D eigenvalue weighted by atomic mass is 16.6. The van der Waals surface area contributed by atoms with Crippen LogP contribution in [-0.2, 0) is 28.4 Å². The quantitative estimate of drug-likeness (QED) is 0.537. The van der Waals surface area contributed by atoms with Crippen LogP contribution in [0.2, 0.25) is 0 Å². The fourth-order valence-electron chi connectivity index (χ4n) is 1.92. The number of rotatable bonds is 11. The summed E-state index contributed by atoms with van der Waals surface area (Å²) in [5.41, 5.74) is 0. The van der Waals surface area contributed by atoms with Gasteiger partial charge in [0.1, 0.15) is 24.4 Å². The van der Waals surface area contributed by atoms with Crippen molar-refractivity contribution >= 4 is 0 Å². The van der Waals surface area contributed by atoms with Crippen LogP contribution in [0.1, 0.15) is 0 Å². The highest BCUT2D eigenvalue weighted by Gasteiger charge is 2.36. The number of hydrogen-bond donors (Lipinski definition) is 0. The van der Waals surface area contributed by atoms with Crippen molar-refractivity contribution < 1.29 is 28.4 Å². The van der Waals surface area contributed by atoms with Crippen LogP contribution in [0.3, 0.4) is 0 Å². The molecule has 0 amide bonds. The van der Waals surface area contributed by atoms with E-state index in [9.17, 15) is 0 Å². The molecule has 6 nitrogen and oxygen atoms in total. The molecule has 0 fully saturated rings. The van der Waals surface area contributed by atoms with Crippen LogP contribution in [0.5, 0.6) is 0 Å². The molecule has 0 heterocycles. The molecular formula is C12H26O6. The zero-order chi connectivity index (χ0) is 14.0. The summed E-state index contributed by atoms with van der Waals surface area (Å²) in [6.07, 6.45) is -1.08. The summed E-state index contributed by atoms with van der Waals surface area (Å²) in [4.78, 5) is 0. The van der Waals surface area contributed by atoms with E-state index in [2.05, 4.69) is 0 Å². The first kappa shape index (κ1) is 17.8. The smallest absolute Gasteiger partial charge is 0.114 e. The number of hydrogen-bond acceptors (Lipinski definition) is 6. The Morgan fingerprint density at radius 3 is 1.06 bits per heavy atom. The Morgan fingerprint density at radius 1 is 0.556 bits per heavy atom. The van der Waals surface area contributed by atoms with E-state index >= 15 is 0 Å². The fourth-order valence-corrected chi connectivity index (χ4v) is 1.92. The van der Waals surface area contributed by atoms with Crippen molar-refractivity contribution in [3.8, 4) is 0 Å². The van der Waals surface area contributed by atoms with E-state index < -0.39 is 0 Å². The van der Waals surface area contributed by atoms with Crippen molar-refractivity contribution in [1.29, 1.82) is 0 Å². The van der Waals surface area contributed by atoms with Gasteiger partial charge in [0.25, 0.3) is 0 Å². The summed E-state index contributed by atoms with van der Waals surface area (Å²) in [5, 5.41) is 0. The van der Waals surface area contributed by atoms with Gasteiger partial charge >= 0.3 is 0 Å². The zero-order valence-corrected chi connectivity index (χ0v) is 12.2. The molecule has 0 saturated carbocycles. The highest BCUT2D eigenvalue weighted by Crippen LogP contribution is 2.16. The second kappa shape index (κ2) is 10.7. The summed E-state index contributed by atoms with van der Waals surface area (Å²) in [5.74, 6) is 0. The van der Waals surface area contributed by atoms with E-state index in [1.165, 1.54) is 0 Å². The summed E-state index contributed by atoms with van der Waals surface area (Å²) in [6.45, 7) is 0.830. The van der Waals surface area contributed by atoms with Crippen molar-refractivity contribution in [2.24, 2.45) is 0 Å². The molecule has 0 aliphatic rings. The molecule has 6 heteroatoms. The van der Waals surface area contributed by atoms with Gasteiger partial charge in [-0.2, -0.15) is 0 Å². The van der Waals surface area contributed by atoms with Gasteiger partial charge in [-0.25, -0.2) is 0 Å². The first-order valence-corrected chi connectivity index (χ1v) is 5.79. The lowest BCUT2D eigenvalue weighted by Crippen LogP contribution is -2.50. The lowest BCUT2D eigenvalue weighted by molar-refractivity contribution is -0.166. The van der Waals surface area contributed by atoms with Crippen molar-refractivity contribution in [2.75, 3.05) is 55.9 Å². The summed E-state index contributed by atoms with van der Waals surface area (Å²) >= 11 is 0. The van der Waals surface area contributed by atoms with Crippen LogP contribution >= 0.6 is 0 Å². The van der Waals surface area contributed by atoms with Gasteiger partial charge in [0.2, 0.25) is 0 Å². The predicted molar refractivity (Wildman–Crippen MR) is 66.9 cm³/mol. The second-order valence-electron chi connectivity index (χ2n) is 3.86. The molecular weight excluding hydrogens is 240 g/mol. The van der Waals surface area contributed by atoms with Gasteiger partial charge in [0.05, 0.1) is 13.2 Å². The normalized spacial score (nSPS) is 18.3. The summed E-state index contributed by atoms with van der Waals surface area (Å²) in [6, 6.07) is 0. The molecule has 0 aromatic heterocycles. The average Bonchev–Trinajstić information content (AvgIpc) is 2.40. The maximum atomic E-state index is 5.47. The third-order valence-electron chi connectivity index (χ3n) is 2.87. The van der Waals surface area contributed by atoms with Crippen LogP contribution in [0.4, 0.5) is 0 Å². The SMILES string of the molecule is COC[C@H](OC)[C@H](OC)[C@@H](OC)[C@H](COC)OC. The molecule has 110 valence electrons. The van der Waals surface area contributed by atoms with Crippen molar-refractivity contribution in [1.82, 2.24) is 0 Å². The molecule has 0 unspecified atom stereocenters. The van der Waals surface area contributed by atoms with Gasteiger partial charge in [-0.05, 0) is 0 Å². The van der Waals surface area contributed by atoms with Crippen LogP contribution in [0, 0.1) is 0 Å². The Labute approximate surface area is 109 Å². The van der Waals surface area contributed by atoms with E-state index in [-0.39, 0.29) is 24.4 Å². The highest BCUT2D eigenvalue weighted by molar-refractivity contribution is 4.85. The van der Waals surface area contributed by atoms with Crippen molar-refractivity contribution in [3.05, 3.63) is 0 Å². The molecule has 4 atom stereocenters. The molecule has 0 rings (SSSR count). The second-order valence-corrected chi connectivity index (χ2v) is 3.86. The number of methoxy groups -OCH3 is 6. The van der Waals surface area contributed by atoms with Crippen LogP contribution in [0.25, 0.3) is 0 Å². The lowest BCUT2D eigenvalue weighted by atomic mass is 10.0. The largest absolute Gasteiger partial charge is 0.382 e. The fraction of sp³-hybridized carbons (Fsp3) is 1.00. The van der Waals surface area contributed by atoms with Gasteiger partial charge < -0.3 is 28.4 Å². The van der Waals surface area contributed by atoms with Crippen LogP contribution < -0.4 is 0 Å². The maximum Gasteiger partial charge on any atom is 0.114 e. The molecule has 0 N–H and O–H groups in total. The molecule has 0 aromatic rings. The van der Waals surface area contributed by atoms with Gasteiger partial charge in [-0.3, -0.25) is 0 Å². The summed E-state index contributed by atoms with van der Waals surface area (Å²) in [7, 11) is 9.67. The minimum atomic E-state index is -0.306. The average molecular weight is 266 g/mol. The Balaban J connectivity index is 4.81. The van der Waals surface area contributed by atoms with Crippen LogP contribution in [0.15, 0.2) is 0 Å². The van der Waals surface area contributed by atoms with Crippen molar-refractivity contribution in [3.63, 3.8) is 0 Å². The molecule has 0 aliphatic heterocycles. The van der Waals surface area contributed by atoms with E-state index in [0.717, 1.165) is 0 Å². The first-order valence-electron chi connectivity index (χ1n) is 5.79. The molecule has 0 saturated heterocycles. The Bertz CT molecular complexity index is 169. The van der Waals surface area contributed by atoms with Gasteiger partial charge in [0, 0.05) is 42.7 Å². The van der Waals surface area contributed by atoms with Crippen molar-refractivity contribution in [2.45, 2.75) is 24.4 Å². The van der Waals surface area contributed by atoms with Gasteiger partial charge in [-0.1, -0.05) is 0 Å². The Kier molecular flexibility index (Phi) is 10.5. The molecule has 0 aromatic carbocycles. The standard InChI is InChI=1S/C12H26O6/c1-13-7-9(15-3)11(17-5)12(18-6)10(16-4)8-14-2/h9-12H,7-8H2,1-6H3/t9-,10-,11-,12-/m0/s1. The van der Waals surface area contributed by atoms with E-state index in [1.807, 2.05) is 0 Å². The molecule has 0 aliphatic carbocycles. The van der Waals surface area contributed by atoms with Gasteiger partial charge in [0.15, 0.2) is 0 Å². The predicted octanol–water partition coefficient (Wildman–Crippen LogP) is 0.339. The van der Waals surface area contributed by atoms with E-state index in [1.54, 1.807) is 42.7 Å². The maximum absolute atomic E-state index is 5.47. The topological polar surface area (TPSA) is 55.4 Å². The molecule has 0 radical (unpaired) electrons. The lowest BCUT2D eigenvalue weighted by Gasteiger charge is -2.34. The zero-order valence-electron chi connectivity index (χ0n) is 12.2. The third-order valence-corrected chi connectivity index (χ3v) is 2.87. The van der Waals surface area contributed by atoms with Crippen LogP contribution in [-0.4, -0.2) is 80.3 Å². The monoisotopic (exact) mass is 266 g/mol. The van der Waals surface area contributed by atoms with E-state index in [0.29, 0.717) is 13.2 Å². The minimum absolute atomic E-state index is 0.237. The Morgan fingerprint density at radius 2 is 0.889 bits per heavy atom. The molecule has 0 spiro atoms. The first-order chi connectivity index (χ1) is 8.69. The number of ether oxygens (including phenoxy) is 6. The Hall–Kier alpha value is -0.240. The minimum Gasteiger partial charge on any atom is -0.382 e.